The predicted molar refractivity (Wildman–Crippen MR) is 159 cm³/mol. The van der Waals surface area contributed by atoms with Crippen LogP contribution in [0.2, 0.25) is 0 Å². The van der Waals surface area contributed by atoms with Crippen molar-refractivity contribution in [3.63, 3.8) is 0 Å². The van der Waals surface area contributed by atoms with Gasteiger partial charge in [-0.15, -0.1) is 0 Å². The molecule has 1 aromatic heterocycles. The SMILES string of the molecule is CC(CO)N(C)C.CN(C)CCCOc1ncc(-c2ccc(F)cc2)c(C(=O)N(C)Cc2cc(C(F)(F)F)cc(C(F)(F)F)c2)n1. The number of carbonyl (C=O) groups excluding carboxylic acids is 1. The second-order valence-corrected chi connectivity index (χ2v) is 11.0. The van der Waals surface area contributed by atoms with Crippen molar-refractivity contribution in [2.75, 3.05) is 55.0 Å². The number of alkyl halides is 6. The van der Waals surface area contributed by atoms with Gasteiger partial charge in [0.1, 0.15) is 11.5 Å². The Morgan fingerprint density at radius 2 is 1.50 bits per heavy atom. The van der Waals surface area contributed by atoms with E-state index in [4.69, 9.17) is 9.84 Å². The van der Waals surface area contributed by atoms with Gasteiger partial charge in [0.05, 0.1) is 24.3 Å². The van der Waals surface area contributed by atoms with E-state index in [1.807, 2.05) is 44.9 Å². The average molecular weight is 662 g/mol. The van der Waals surface area contributed by atoms with E-state index >= 15 is 0 Å². The van der Waals surface area contributed by atoms with Crippen molar-refractivity contribution in [1.29, 1.82) is 0 Å². The summed E-state index contributed by atoms with van der Waals surface area (Å²) in [7, 11) is 8.86. The Kier molecular flexibility index (Phi) is 13.9. The molecule has 2 aromatic carbocycles. The molecular weight excluding hydrogens is 623 g/mol. The van der Waals surface area contributed by atoms with Crippen molar-refractivity contribution in [2.45, 2.75) is 38.3 Å². The summed E-state index contributed by atoms with van der Waals surface area (Å²) in [6.45, 7) is 2.56. The van der Waals surface area contributed by atoms with Gasteiger partial charge in [0.25, 0.3) is 5.91 Å². The van der Waals surface area contributed by atoms with Gasteiger partial charge < -0.3 is 24.5 Å². The number of likely N-dealkylation sites (N-methyl/N-ethyl adjacent to an activating group) is 1. The predicted octanol–water partition coefficient (Wildman–Crippen LogP) is 5.85. The first-order chi connectivity index (χ1) is 21.3. The minimum atomic E-state index is -5.03. The summed E-state index contributed by atoms with van der Waals surface area (Å²) < 4.78 is 98.6. The Morgan fingerprint density at radius 3 is 1.96 bits per heavy atom. The molecule has 15 heteroatoms. The molecule has 8 nitrogen and oxygen atoms in total. The van der Waals surface area contributed by atoms with Gasteiger partial charge in [-0.05, 0) is 83.0 Å². The van der Waals surface area contributed by atoms with E-state index in [1.54, 1.807) is 0 Å². The number of aliphatic hydroxyl groups is 1. The number of ether oxygens (including phenoxy) is 1. The summed E-state index contributed by atoms with van der Waals surface area (Å²) in [6, 6.07) is 6.34. The smallest absolute Gasteiger partial charge is 0.416 e. The van der Waals surface area contributed by atoms with Gasteiger partial charge in [0, 0.05) is 37.9 Å². The van der Waals surface area contributed by atoms with Gasteiger partial charge in [0.15, 0.2) is 0 Å². The van der Waals surface area contributed by atoms with Gasteiger partial charge in [-0.3, -0.25) is 4.79 Å². The molecule has 0 radical (unpaired) electrons. The van der Waals surface area contributed by atoms with Crippen LogP contribution in [-0.2, 0) is 18.9 Å². The van der Waals surface area contributed by atoms with E-state index in [2.05, 4.69) is 9.97 Å². The normalized spacial score (nSPS) is 12.5. The second kappa shape index (κ2) is 16.7. The zero-order valence-corrected chi connectivity index (χ0v) is 26.4. The quantitative estimate of drug-likeness (QED) is 0.204. The lowest BCUT2D eigenvalue weighted by molar-refractivity contribution is -0.143. The van der Waals surface area contributed by atoms with Crippen LogP contribution in [0, 0.1) is 5.82 Å². The molecule has 0 saturated carbocycles. The molecule has 0 saturated heterocycles. The molecule has 0 fully saturated rings. The molecule has 1 amide bonds. The fraction of sp³-hybridized carbons (Fsp3) is 0.452. The number of aliphatic hydroxyl groups excluding tert-OH is 1. The van der Waals surface area contributed by atoms with Crippen LogP contribution < -0.4 is 4.74 Å². The number of carbonyl (C=O) groups is 1. The Bertz CT molecular complexity index is 1380. The molecule has 46 heavy (non-hydrogen) atoms. The zero-order chi connectivity index (χ0) is 34.8. The standard InChI is InChI=1S/C26H25F7N4O2.C5H13NO/c1-36(2)9-4-10-39-24-34-14-21(17-5-7-20(27)8-6-17)22(35-24)23(38)37(3)15-16-11-18(25(28,29)30)13-19(12-16)26(31,32)33;1-5(4-7)6(2)3/h5-8,11-14H,4,9-10,15H2,1-3H3;5,7H,4H2,1-3H3. The Labute approximate surface area is 263 Å². The van der Waals surface area contributed by atoms with Crippen molar-refractivity contribution in [3.05, 3.63) is 76.9 Å². The number of hydrogen-bond acceptors (Lipinski definition) is 7. The largest absolute Gasteiger partial charge is 0.463 e. The first kappa shape index (κ1) is 38.4. The third-order valence-corrected chi connectivity index (χ3v) is 6.66. The van der Waals surface area contributed by atoms with Crippen LogP contribution in [0.3, 0.4) is 0 Å². The summed E-state index contributed by atoms with van der Waals surface area (Å²) in [6.07, 6.45) is -8.15. The molecule has 0 aliphatic rings. The van der Waals surface area contributed by atoms with Crippen LogP contribution in [0.1, 0.15) is 40.5 Å². The molecule has 0 aliphatic heterocycles. The van der Waals surface area contributed by atoms with Gasteiger partial charge >= 0.3 is 18.4 Å². The van der Waals surface area contributed by atoms with Crippen molar-refractivity contribution >= 4 is 5.91 Å². The highest BCUT2D eigenvalue weighted by Gasteiger charge is 2.37. The van der Waals surface area contributed by atoms with Crippen molar-refractivity contribution < 1.29 is 45.4 Å². The molecule has 1 atom stereocenters. The van der Waals surface area contributed by atoms with Crippen LogP contribution in [0.25, 0.3) is 11.1 Å². The lowest BCUT2D eigenvalue weighted by Gasteiger charge is -2.21. The van der Waals surface area contributed by atoms with Crippen LogP contribution in [-0.4, -0.2) is 96.7 Å². The molecule has 0 aliphatic carbocycles. The average Bonchev–Trinajstić information content (AvgIpc) is 2.98. The maximum Gasteiger partial charge on any atom is 0.416 e. The molecule has 3 rings (SSSR count). The number of benzene rings is 2. The number of rotatable bonds is 11. The first-order valence-electron chi connectivity index (χ1n) is 14.0. The lowest BCUT2D eigenvalue weighted by atomic mass is 10.0. The number of hydrogen-bond donors (Lipinski definition) is 1. The Balaban J connectivity index is 0.000000942. The second-order valence-electron chi connectivity index (χ2n) is 11.0. The third-order valence-electron chi connectivity index (χ3n) is 6.66. The van der Waals surface area contributed by atoms with E-state index in [0.717, 1.165) is 17.0 Å². The van der Waals surface area contributed by atoms with Crippen LogP contribution in [0.4, 0.5) is 30.7 Å². The highest BCUT2D eigenvalue weighted by atomic mass is 19.4. The number of nitrogens with zero attached hydrogens (tertiary/aromatic N) is 5. The molecule has 1 N–H and O–H groups in total. The minimum absolute atomic E-state index is 0.0162. The fourth-order valence-electron chi connectivity index (χ4n) is 3.78. The molecular formula is C31H38F7N5O3. The maximum atomic E-state index is 13.5. The molecule has 1 heterocycles. The summed E-state index contributed by atoms with van der Waals surface area (Å²) in [5.74, 6) is -1.35. The van der Waals surface area contributed by atoms with E-state index in [0.29, 0.717) is 36.7 Å². The summed E-state index contributed by atoms with van der Waals surface area (Å²) >= 11 is 0. The van der Waals surface area contributed by atoms with Crippen molar-refractivity contribution in [1.82, 2.24) is 24.7 Å². The van der Waals surface area contributed by atoms with Gasteiger partial charge in [-0.25, -0.2) is 9.37 Å². The monoisotopic (exact) mass is 661 g/mol. The summed E-state index contributed by atoms with van der Waals surface area (Å²) in [4.78, 5) is 26.5. The van der Waals surface area contributed by atoms with Gasteiger partial charge in [-0.2, -0.15) is 31.3 Å². The van der Waals surface area contributed by atoms with E-state index in [9.17, 15) is 35.5 Å². The molecule has 254 valence electrons. The maximum absolute atomic E-state index is 13.5. The molecule has 1 unspecified atom stereocenters. The summed E-state index contributed by atoms with van der Waals surface area (Å²) in [5.41, 5.74) is -3.04. The zero-order valence-electron chi connectivity index (χ0n) is 26.4. The Morgan fingerprint density at radius 1 is 0.935 bits per heavy atom. The number of aromatic nitrogens is 2. The van der Waals surface area contributed by atoms with Crippen molar-refractivity contribution in [3.8, 4) is 17.1 Å². The minimum Gasteiger partial charge on any atom is -0.463 e. The van der Waals surface area contributed by atoms with Crippen LogP contribution in [0.5, 0.6) is 6.01 Å². The van der Waals surface area contributed by atoms with Gasteiger partial charge in [-0.1, -0.05) is 12.1 Å². The fourth-order valence-corrected chi connectivity index (χ4v) is 3.78. The first-order valence-corrected chi connectivity index (χ1v) is 14.0. The van der Waals surface area contributed by atoms with E-state index in [-0.39, 0.29) is 42.1 Å². The molecule has 3 aromatic rings. The topological polar surface area (TPSA) is 82.0 Å². The summed E-state index contributed by atoms with van der Waals surface area (Å²) in [5, 5.41) is 8.46. The van der Waals surface area contributed by atoms with Crippen LogP contribution >= 0.6 is 0 Å². The highest BCUT2D eigenvalue weighted by Crippen LogP contribution is 2.36. The van der Waals surface area contributed by atoms with Crippen molar-refractivity contribution in [2.24, 2.45) is 0 Å². The van der Waals surface area contributed by atoms with E-state index in [1.165, 1.54) is 25.4 Å². The van der Waals surface area contributed by atoms with Crippen LogP contribution in [0.15, 0.2) is 48.7 Å². The third kappa shape index (κ3) is 11.8. The highest BCUT2D eigenvalue weighted by molar-refractivity contribution is 5.98. The number of halogens is 7. The van der Waals surface area contributed by atoms with E-state index < -0.39 is 41.7 Å². The Hall–Kier alpha value is -3.82. The number of amides is 1. The lowest BCUT2D eigenvalue weighted by Crippen LogP contribution is -2.28. The van der Waals surface area contributed by atoms with Gasteiger partial charge in [0.2, 0.25) is 0 Å². The molecule has 0 bridgehead atoms. The molecule has 0 spiro atoms.